The highest BCUT2D eigenvalue weighted by atomic mass is 19.4. The Labute approximate surface area is 284 Å². The predicted octanol–water partition coefficient (Wildman–Crippen LogP) is 10.6. The van der Waals surface area contributed by atoms with Crippen molar-refractivity contribution in [3.63, 3.8) is 0 Å². The quantitative estimate of drug-likeness (QED) is 0.169. The van der Waals surface area contributed by atoms with Crippen LogP contribution in [0, 0.1) is 6.92 Å². The van der Waals surface area contributed by atoms with Gasteiger partial charge in [-0.15, -0.1) is 0 Å². The largest absolute Gasteiger partial charge is 0.457 e. The lowest BCUT2D eigenvalue weighted by atomic mass is 10.1. The van der Waals surface area contributed by atoms with E-state index in [-0.39, 0.29) is 5.69 Å². The van der Waals surface area contributed by atoms with Crippen molar-refractivity contribution in [2.24, 2.45) is 0 Å². The van der Waals surface area contributed by atoms with Crippen molar-refractivity contribution in [3.8, 4) is 51.5 Å². The second kappa shape index (κ2) is 12.5. The fraction of sp³-hybridized carbons (Fsp3) is 0.0500. The lowest BCUT2D eigenvalue weighted by molar-refractivity contribution is -0.141. The van der Waals surface area contributed by atoms with Gasteiger partial charge in [-0.1, -0.05) is 36.4 Å². The zero-order valence-electron chi connectivity index (χ0n) is 26.5. The van der Waals surface area contributed by atoms with Crippen LogP contribution in [0.15, 0.2) is 140 Å². The van der Waals surface area contributed by atoms with Gasteiger partial charge in [0.25, 0.3) is 0 Å². The number of rotatable bonds is 7. The monoisotopic (exact) mass is 665 g/mol. The summed E-state index contributed by atoms with van der Waals surface area (Å²) in [6.07, 6.45) is -1.19. The van der Waals surface area contributed by atoms with Crippen molar-refractivity contribution < 1.29 is 22.6 Å². The molecule has 4 heterocycles. The van der Waals surface area contributed by atoms with E-state index in [0.29, 0.717) is 34.5 Å². The summed E-state index contributed by atoms with van der Waals surface area (Å²) in [4.78, 5) is 17.6. The Bertz CT molecular complexity index is 2510. The molecule has 0 aliphatic carbocycles. The first-order valence-electron chi connectivity index (χ1n) is 15.7. The van der Waals surface area contributed by atoms with E-state index in [4.69, 9.17) is 9.47 Å². The fourth-order valence-electron chi connectivity index (χ4n) is 5.89. The van der Waals surface area contributed by atoms with Gasteiger partial charge in [-0.05, 0) is 85.8 Å². The minimum absolute atomic E-state index is 0.193. The van der Waals surface area contributed by atoms with Crippen LogP contribution in [0.4, 0.5) is 13.2 Å². The first-order chi connectivity index (χ1) is 24.3. The average molecular weight is 666 g/mol. The number of ether oxygens (including phenoxy) is 2. The van der Waals surface area contributed by atoms with Gasteiger partial charge in [0.05, 0.1) is 22.4 Å². The number of aromatic nitrogens is 5. The van der Waals surface area contributed by atoms with E-state index in [9.17, 15) is 13.2 Å². The summed E-state index contributed by atoms with van der Waals surface area (Å²) in [5.74, 6) is 2.72. The van der Waals surface area contributed by atoms with E-state index in [1.165, 1.54) is 12.1 Å². The Morgan fingerprint density at radius 2 is 1.06 bits per heavy atom. The maximum atomic E-state index is 13.3. The van der Waals surface area contributed by atoms with Crippen LogP contribution in [0.1, 0.15) is 11.4 Å². The van der Waals surface area contributed by atoms with Gasteiger partial charge in [-0.2, -0.15) is 13.2 Å². The van der Waals surface area contributed by atoms with E-state index < -0.39 is 11.9 Å². The molecule has 0 aliphatic heterocycles. The van der Waals surface area contributed by atoms with Crippen LogP contribution in [-0.2, 0) is 6.18 Å². The molecule has 10 heteroatoms. The molecular weight excluding hydrogens is 639 g/mol. The summed E-state index contributed by atoms with van der Waals surface area (Å²) in [5.41, 5.74) is 4.11. The molecule has 0 unspecified atom stereocenters. The van der Waals surface area contributed by atoms with Crippen LogP contribution in [0.5, 0.6) is 23.0 Å². The third kappa shape index (κ3) is 6.10. The van der Waals surface area contributed by atoms with E-state index in [0.717, 1.165) is 44.8 Å². The number of pyridine rings is 2. The van der Waals surface area contributed by atoms with Crippen molar-refractivity contribution in [2.45, 2.75) is 13.1 Å². The summed E-state index contributed by atoms with van der Waals surface area (Å²) in [6, 6.07) is 37.7. The van der Waals surface area contributed by atoms with Gasteiger partial charge in [0.15, 0.2) is 0 Å². The third-order valence-electron chi connectivity index (χ3n) is 8.12. The molecule has 0 fully saturated rings. The van der Waals surface area contributed by atoms with Crippen molar-refractivity contribution >= 4 is 21.8 Å². The van der Waals surface area contributed by atoms with Crippen LogP contribution in [0.25, 0.3) is 50.3 Å². The second-order valence-corrected chi connectivity index (χ2v) is 11.6. The minimum atomic E-state index is -4.54. The molecule has 244 valence electrons. The Morgan fingerprint density at radius 1 is 0.540 bits per heavy atom. The Hall–Kier alpha value is -6.55. The molecule has 0 spiro atoms. The molecular formula is C40H26F3N5O2. The van der Waals surface area contributed by atoms with Gasteiger partial charge >= 0.3 is 6.18 Å². The SMILES string of the molecule is Cc1cccc(-c2cccc(Oc3ccc4c5ccc(Oc6cccc(-c7cccc(C(F)(F)F)n7)c6)cc5n(-c5ncccn5)c4c3)c2)n1. The van der Waals surface area contributed by atoms with Crippen molar-refractivity contribution in [2.75, 3.05) is 0 Å². The molecule has 50 heavy (non-hydrogen) atoms. The highest BCUT2D eigenvalue weighted by Crippen LogP contribution is 2.38. The molecule has 0 radical (unpaired) electrons. The topological polar surface area (TPSA) is 75.0 Å². The van der Waals surface area contributed by atoms with Crippen molar-refractivity contribution in [1.82, 2.24) is 24.5 Å². The van der Waals surface area contributed by atoms with Crippen molar-refractivity contribution in [3.05, 3.63) is 151 Å². The number of halogens is 3. The summed E-state index contributed by atoms with van der Waals surface area (Å²) >= 11 is 0. The number of nitrogens with zero attached hydrogens (tertiary/aromatic N) is 5. The maximum absolute atomic E-state index is 13.3. The highest BCUT2D eigenvalue weighted by molar-refractivity contribution is 6.09. The molecule has 0 saturated heterocycles. The predicted molar refractivity (Wildman–Crippen MR) is 186 cm³/mol. The number of hydrogen-bond acceptors (Lipinski definition) is 6. The molecule has 0 atom stereocenters. The number of alkyl halides is 3. The van der Waals surface area contributed by atoms with Crippen LogP contribution < -0.4 is 9.47 Å². The fourth-order valence-corrected chi connectivity index (χ4v) is 5.89. The van der Waals surface area contributed by atoms with E-state index in [1.54, 1.807) is 42.7 Å². The first-order valence-corrected chi connectivity index (χ1v) is 15.7. The Balaban J connectivity index is 1.16. The number of hydrogen-bond donors (Lipinski definition) is 0. The van der Waals surface area contributed by atoms with Crippen molar-refractivity contribution in [1.29, 1.82) is 0 Å². The molecule has 0 aliphatic rings. The normalized spacial score (nSPS) is 11.6. The van der Waals surface area contributed by atoms with Crippen LogP contribution in [-0.4, -0.2) is 24.5 Å². The van der Waals surface area contributed by atoms with Gasteiger partial charge in [0.2, 0.25) is 5.95 Å². The molecule has 0 N–H and O–H groups in total. The molecule has 8 rings (SSSR count). The Morgan fingerprint density at radius 3 is 1.62 bits per heavy atom. The van der Waals surface area contributed by atoms with E-state index >= 15 is 0 Å². The third-order valence-corrected chi connectivity index (χ3v) is 8.12. The highest BCUT2D eigenvalue weighted by Gasteiger charge is 2.32. The molecule has 0 bridgehead atoms. The average Bonchev–Trinajstić information content (AvgIpc) is 3.44. The van der Waals surface area contributed by atoms with Gasteiger partial charge in [0, 0.05) is 52.1 Å². The first kappa shape index (κ1) is 30.8. The lowest BCUT2D eigenvalue weighted by Gasteiger charge is -2.11. The minimum Gasteiger partial charge on any atom is -0.457 e. The summed E-state index contributed by atoms with van der Waals surface area (Å²) < 4.78 is 54.5. The standard InChI is InChI=1S/C40H26F3N5O2/c1-25-7-2-12-34(46-25)26-8-3-10-28(21-26)49-30-15-17-32-33-18-16-31(24-37(33)48(36(32)23-30)39-44-19-6-20-45-39)50-29-11-4-9-27(22-29)35-13-5-14-38(47-35)40(41,42)43/h2-24H,1H3. The summed E-state index contributed by atoms with van der Waals surface area (Å²) in [5, 5.41) is 1.91. The molecule has 7 nitrogen and oxygen atoms in total. The van der Waals surface area contributed by atoms with Gasteiger partial charge < -0.3 is 9.47 Å². The van der Waals surface area contributed by atoms with Gasteiger partial charge in [-0.3, -0.25) is 9.55 Å². The van der Waals surface area contributed by atoms with Crippen LogP contribution in [0.2, 0.25) is 0 Å². The van der Waals surface area contributed by atoms with Crippen LogP contribution in [0.3, 0.4) is 0 Å². The maximum Gasteiger partial charge on any atom is 0.433 e. The van der Waals surface area contributed by atoms with Crippen LogP contribution >= 0.6 is 0 Å². The van der Waals surface area contributed by atoms with Gasteiger partial charge in [-0.25, -0.2) is 15.0 Å². The molecule has 4 aromatic heterocycles. The number of benzene rings is 4. The van der Waals surface area contributed by atoms with E-state index in [2.05, 4.69) is 19.9 Å². The van der Waals surface area contributed by atoms with E-state index in [1.807, 2.05) is 90.4 Å². The lowest BCUT2D eigenvalue weighted by Crippen LogP contribution is -2.07. The molecule has 0 amide bonds. The second-order valence-electron chi connectivity index (χ2n) is 11.6. The zero-order chi connectivity index (χ0) is 34.2. The molecule has 0 saturated carbocycles. The number of aryl methyl sites for hydroxylation is 1. The summed E-state index contributed by atoms with van der Waals surface area (Å²) in [7, 11) is 0. The Kier molecular flexibility index (Phi) is 7.68. The number of fused-ring (bicyclic) bond motifs is 3. The molecule has 8 aromatic rings. The zero-order valence-corrected chi connectivity index (χ0v) is 26.5. The summed E-state index contributed by atoms with van der Waals surface area (Å²) in [6.45, 7) is 1.96. The van der Waals surface area contributed by atoms with Gasteiger partial charge in [0.1, 0.15) is 28.7 Å². The smallest absolute Gasteiger partial charge is 0.433 e. The molecule has 4 aromatic carbocycles.